The first-order valence-corrected chi connectivity index (χ1v) is 17.9. The summed E-state index contributed by atoms with van der Waals surface area (Å²) in [5, 5.41) is 13.0. The summed E-state index contributed by atoms with van der Waals surface area (Å²) in [7, 11) is 1.47. The van der Waals surface area contributed by atoms with Gasteiger partial charge in [0, 0.05) is 26.1 Å². The molecule has 258 valence electrons. The van der Waals surface area contributed by atoms with Gasteiger partial charge in [-0.15, -0.1) is 0 Å². The van der Waals surface area contributed by atoms with Crippen molar-refractivity contribution in [1.82, 2.24) is 5.01 Å². The van der Waals surface area contributed by atoms with Crippen LogP contribution in [0.2, 0.25) is 5.02 Å². The van der Waals surface area contributed by atoms with Crippen LogP contribution in [0.4, 0.5) is 15.8 Å². The minimum Gasteiger partial charge on any atom is -0.508 e. The van der Waals surface area contributed by atoms with Crippen molar-refractivity contribution in [2.45, 2.75) is 24.2 Å². The number of carbonyl (C=O) groups excluding carboxylic acids is 4. The Balaban J connectivity index is 1.33. The molecule has 4 aromatic rings. The fourth-order valence-corrected chi connectivity index (χ4v) is 9.22. The maximum Gasteiger partial charge on any atom is 0.260 e. The maximum atomic E-state index is 15.2. The highest BCUT2D eigenvalue weighted by Gasteiger charge is 2.70. The van der Waals surface area contributed by atoms with Gasteiger partial charge in [-0.05, 0) is 114 Å². The number of anilines is 2. The fourth-order valence-electron chi connectivity index (χ4n) is 8.74. The van der Waals surface area contributed by atoms with Gasteiger partial charge in [0.05, 0.1) is 41.7 Å². The third kappa shape index (κ3) is 5.07. The zero-order valence-electron chi connectivity index (χ0n) is 27.1. The Bertz CT molecular complexity index is 2140. The largest absolute Gasteiger partial charge is 0.508 e. The minimum absolute atomic E-state index is 0.0781. The van der Waals surface area contributed by atoms with Crippen LogP contribution in [-0.2, 0) is 24.6 Å². The summed E-state index contributed by atoms with van der Waals surface area (Å²) in [6.07, 6.45) is 2.23. The number of nitrogens with zero attached hydrogens (tertiary/aromatic N) is 2. The molecule has 3 fully saturated rings. The first kappa shape index (κ1) is 33.4. The molecule has 2 saturated heterocycles. The van der Waals surface area contributed by atoms with Crippen molar-refractivity contribution in [2.75, 3.05) is 17.4 Å². The first-order chi connectivity index (χ1) is 24.5. The van der Waals surface area contributed by atoms with E-state index in [1.807, 2.05) is 18.2 Å². The van der Waals surface area contributed by atoms with Gasteiger partial charge in [-0.2, -0.15) is 5.01 Å². The van der Waals surface area contributed by atoms with Gasteiger partial charge >= 0.3 is 0 Å². The van der Waals surface area contributed by atoms with Crippen LogP contribution in [0.3, 0.4) is 0 Å². The number of carbonyl (C=O) groups is 4. The number of halogens is 3. The lowest BCUT2D eigenvalue weighted by Gasteiger charge is -2.50. The highest BCUT2D eigenvalue weighted by atomic mass is 127. The molecule has 12 heteroatoms. The lowest BCUT2D eigenvalue weighted by Crippen LogP contribution is -2.53. The van der Waals surface area contributed by atoms with Crippen molar-refractivity contribution in [2.24, 2.45) is 23.7 Å². The molecule has 1 saturated carbocycles. The van der Waals surface area contributed by atoms with E-state index in [0.717, 1.165) is 8.58 Å². The molecule has 4 aliphatic rings. The van der Waals surface area contributed by atoms with Crippen molar-refractivity contribution in [3.8, 4) is 11.5 Å². The summed E-state index contributed by atoms with van der Waals surface area (Å²) in [4.78, 5) is 59.6. The highest BCUT2D eigenvalue weighted by molar-refractivity contribution is 14.1. The van der Waals surface area contributed by atoms with E-state index in [0.29, 0.717) is 38.8 Å². The van der Waals surface area contributed by atoms with Crippen molar-refractivity contribution in [3.05, 3.63) is 128 Å². The molecule has 2 aliphatic carbocycles. The minimum atomic E-state index is -1.61. The van der Waals surface area contributed by atoms with Crippen LogP contribution in [0.5, 0.6) is 11.5 Å². The van der Waals surface area contributed by atoms with Gasteiger partial charge in [0.25, 0.3) is 11.8 Å². The number of phenols is 1. The molecule has 6 atom stereocenters. The number of amides is 4. The molecular weight excluding hydrogens is 788 g/mol. The number of phenolic OH excluding ortho intramolecular Hbond substituents is 1. The van der Waals surface area contributed by atoms with Crippen LogP contribution in [-0.4, -0.2) is 40.9 Å². The zero-order valence-corrected chi connectivity index (χ0v) is 30.0. The Kier molecular flexibility index (Phi) is 8.17. The first-order valence-electron chi connectivity index (χ1n) is 16.4. The van der Waals surface area contributed by atoms with Crippen LogP contribution < -0.4 is 15.1 Å². The number of hydrazine groups is 1. The number of hydrogen-bond donors (Lipinski definition) is 2. The molecule has 51 heavy (non-hydrogen) atoms. The molecule has 0 radical (unpaired) electrons. The van der Waals surface area contributed by atoms with Gasteiger partial charge in [-0.3, -0.25) is 29.5 Å². The smallest absolute Gasteiger partial charge is 0.260 e. The van der Waals surface area contributed by atoms with Gasteiger partial charge in [0.1, 0.15) is 17.3 Å². The van der Waals surface area contributed by atoms with Crippen LogP contribution in [0.25, 0.3) is 0 Å². The number of nitrogens with one attached hydrogen (secondary N) is 1. The normalized spacial score (nSPS) is 26.8. The molecule has 0 aromatic heterocycles. The Hall–Kier alpha value is -4.75. The van der Waals surface area contributed by atoms with Gasteiger partial charge in [0.15, 0.2) is 0 Å². The van der Waals surface area contributed by atoms with E-state index in [1.54, 1.807) is 48.5 Å². The third-order valence-electron chi connectivity index (χ3n) is 10.9. The van der Waals surface area contributed by atoms with E-state index >= 15 is 4.79 Å². The average molecular weight is 818 g/mol. The molecule has 2 aliphatic heterocycles. The average Bonchev–Trinajstić information content (AvgIpc) is 3.51. The second kappa shape index (κ2) is 12.5. The molecule has 8 rings (SSSR count). The van der Waals surface area contributed by atoms with Gasteiger partial charge in [0.2, 0.25) is 11.8 Å². The Morgan fingerprint density at radius 2 is 1.61 bits per heavy atom. The molecule has 2 N–H and O–H groups in total. The molecule has 2 heterocycles. The summed E-state index contributed by atoms with van der Waals surface area (Å²) in [6, 6.07) is 24.0. The SMILES string of the molecule is COc1ccc(C2C3=CCC4C(=O)N(c5ccc(I)cc5)C(=O)C4C3CC3C(=O)N(Nc4ccc(F)cc4)C(=O)C32c2ccc(Cl)cc2)c(O)c1. The number of fused-ring (bicyclic) bond motifs is 4. The number of benzene rings is 4. The molecular formula is C39H30ClFIN3O6. The van der Waals surface area contributed by atoms with Crippen LogP contribution >= 0.6 is 34.2 Å². The zero-order chi connectivity index (χ0) is 35.8. The summed E-state index contributed by atoms with van der Waals surface area (Å²) >= 11 is 8.51. The third-order valence-corrected chi connectivity index (χ3v) is 11.9. The number of aromatic hydroxyl groups is 1. The van der Waals surface area contributed by atoms with Crippen LogP contribution in [0, 0.1) is 33.1 Å². The monoisotopic (exact) mass is 817 g/mol. The van der Waals surface area contributed by atoms with E-state index in [1.165, 1.54) is 42.3 Å². The second-order valence-electron chi connectivity index (χ2n) is 13.3. The Labute approximate surface area is 311 Å². The standard InChI is InChI=1S/C39H30ClFIN3O6/c1-51-26-14-15-28(32(46)18-26)34-27-16-17-29-33(37(49)44(35(29)47)25-12-8-23(42)9-13-25)30(27)19-31-36(48)45(43-24-10-6-22(41)7-11-24)38(50)39(31,34)20-2-4-21(40)5-3-20/h2-16,18,29-31,33-34,43,46H,17,19H2,1H3. The van der Waals surface area contributed by atoms with Gasteiger partial charge in [-0.1, -0.05) is 41.4 Å². The number of hydrogen-bond acceptors (Lipinski definition) is 7. The lowest BCUT2D eigenvalue weighted by molar-refractivity contribution is -0.138. The van der Waals surface area contributed by atoms with Crippen molar-refractivity contribution in [1.29, 1.82) is 0 Å². The van der Waals surface area contributed by atoms with Crippen molar-refractivity contribution in [3.63, 3.8) is 0 Å². The molecule has 4 amide bonds. The van der Waals surface area contributed by atoms with Crippen LogP contribution in [0.15, 0.2) is 103 Å². The van der Waals surface area contributed by atoms with Crippen LogP contribution in [0.1, 0.15) is 29.9 Å². The number of rotatable bonds is 6. The van der Waals surface area contributed by atoms with E-state index in [9.17, 15) is 23.9 Å². The second-order valence-corrected chi connectivity index (χ2v) is 15.0. The lowest BCUT2D eigenvalue weighted by atomic mass is 9.49. The highest BCUT2D eigenvalue weighted by Crippen LogP contribution is 2.65. The van der Waals surface area contributed by atoms with Gasteiger partial charge in [-0.25, -0.2) is 4.39 Å². The molecule has 6 unspecified atom stereocenters. The predicted octanol–water partition coefficient (Wildman–Crippen LogP) is 6.99. The Morgan fingerprint density at radius 1 is 0.902 bits per heavy atom. The molecule has 0 bridgehead atoms. The number of imide groups is 2. The number of ether oxygens (including phenoxy) is 1. The summed E-state index contributed by atoms with van der Waals surface area (Å²) in [5.74, 6) is -6.14. The van der Waals surface area contributed by atoms with E-state index in [-0.39, 0.29) is 30.4 Å². The topological polar surface area (TPSA) is 116 Å². The van der Waals surface area contributed by atoms with E-state index < -0.39 is 52.6 Å². The Morgan fingerprint density at radius 3 is 2.27 bits per heavy atom. The number of allylic oxidation sites excluding steroid dienone is 2. The van der Waals surface area contributed by atoms with E-state index in [4.69, 9.17) is 16.3 Å². The fraction of sp³-hybridized carbons (Fsp3) is 0.231. The van der Waals surface area contributed by atoms with E-state index in [2.05, 4.69) is 28.0 Å². The summed E-state index contributed by atoms with van der Waals surface area (Å²) < 4.78 is 20.2. The summed E-state index contributed by atoms with van der Waals surface area (Å²) in [5.41, 5.74) is 3.64. The number of methoxy groups -OCH3 is 1. The van der Waals surface area contributed by atoms with Crippen molar-refractivity contribution >= 4 is 69.2 Å². The quantitative estimate of drug-likeness (QED) is 0.123. The maximum absolute atomic E-state index is 15.2. The predicted molar refractivity (Wildman–Crippen MR) is 195 cm³/mol. The molecule has 0 spiro atoms. The summed E-state index contributed by atoms with van der Waals surface area (Å²) in [6.45, 7) is 0. The molecule has 9 nitrogen and oxygen atoms in total. The van der Waals surface area contributed by atoms with Crippen molar-refractivity contribution < 1.29 is 33.4 Å². The van der Waals surface area contributed by atoms with Gasteiger partial charge < -0.3 is 9.84 Å². The molecule has 4 aromatic carbocycles.